The molecule has 0 saturated carbocycles. The summed E-state index contributed by atoms with van der Waals surface area (Å²) in [6.45, 7) is 25.0. The summed E-state index contributed by atoms with van der Waals surface area (Å²) in [4.78, 5) is 71.2. The first-order valence-corrected chi connectivity index (χ1v) is 23.3. The van der Waals surface area contributed by atoms with E-state index < -0.39 is 0 Å². The van der Waals surface area contributed by atoms with Gasteiger partial charge in [0.15, 0.2) is 0 Å². The maximum absolute atomic E-state index is 11.4. The number of carbonyl (C=O) groups excluding carboxylic acids is 6. The third-order valence-electron chi connectivity index (χ3n) is 9.45. The van der Waals surface area contributed by atoms with Gasteiger partial charge in [-0.1, -0.05) is 117 Å². The normalized spacial score (nSPS) is 9.32. The molecular weight excluding hydrogens is 831 g/mol. The lowest BCUT2D eigenvalue weighted by Crippen LogP contribution is -2.29. The van der Waals surface area contributed by atoms with E-state index in [9.17, 15) is 28.8 Å². The number of aryl methyl sites for hydroxylation is 2. The molecule has 0 spiro atoms. The first kappa shape index (κ1) is 67.1. The highest BCUT2D eigenvalue weighted by Gasteiger charge is 2.09. The van der Waals surface area contributed by atoms with Crippen LogP contribution in [0.3, 0.4) is 0 Å². The van der Waals surface area contributed by atoms with Crippen LogP contribution in [-0.2, 0) is 39.9 Å². The molecule has 0 fully saturated rings. The Balaban J connectivity index is -0.000000354. The number of ether oxygens (including phenoxy) is 1. The van der Waals surface area contributed by atoms with Crippen LogP contribution in [0.25, 0.3) is 0 Å². The van der Waals surface area contributed by atoms with Crippen molar-refractivity contribution in [3.8, 4) is 0 Å². The van der Waals surface area contributed by atoms with E-state index in [0.29, 0.717) is 6.61 Å². The van der Waals surface area contributed by atoms with Gasteiger partial charge < -0.3 is 29.7 Å². The van der Waals surface area contributed by atoms with Gasteiger partial charge in [-0.25, -0.2) is 0 Å². The Bertz CT molecular complexity index is 1710. The molecule has 0 heterocycles. The molecule has 0 aliphatic carbocycles. The molecule has 3 rings (SSSR count). The van der Waals surface area contributed by atoms with Crippen molar-refractivity contribution in [2.75, 3.05) is 62.1 Å². The van der Waals surface area contributed by atoms with Gasteiger partial charge in [-0.05, 0) is 86.6 Å². The molecule has 374 valence electrons. The predicted molar refractivity (Wildman–Crippen MR) is 279 cm³/mol. The van der Waals surface area contributed by atoms with Crippen molar-refractivity contribution in [2.24, 2.45) is 0 Å². The number of esters is 1. The van der Waals surface area contributed by atoms with Gasteiger partial charge in [0.05, 0.1) is 6.61 Å². The fourth-order valence-corrected chi connectivity index (χ4v) is 5.16. The maximum Gasteiger partial charge on any atom is 0.302 e. The second-order valence-electron chi connectivity index (χ2n) is 15.6. The SMILES string of the molecule is C.CC(=O)N(C)c1cccc(C)c1.CCCCN(C(C)=O)c1ccccc1.CCCCN(C)C(C)=O.CCCCNC(C)=O.CCCCOC(C)=O.CCCc1cccc(N(C)C(C)=O)c1. The zero-order valence-electron chi connectivity index (χ0n) is 43.1. The van der Waals surface area contributed by atoms with Crippen LogP contribution in [0.5, 0.6) is 0 Å². The van der Waals surface area contributed by atoms with Crippen LogP contribution in [0.15, 0.2) is 78.9 Å². The number of rotatable bonds is 17. The lowest BCUT2D eigenvalue weighted by molar-refractivity contribution is -0.141. The molecule has 0 aromatic heterocycles. The molecule has 3 aromatic carbocycles. The van der Waals surface area contributed by atoms with E-state index in [4.69, 9.17) is 0 Å². The minimum atomic E-state index is -0.182. The molecule has 0 saturated heterocycles. The lowest BCUT2D eigenvalue weighted by atomic mass is 10.1. The number of unbranched alkanes of at least 4 members (excludes halogenated alkanes) is 4. The van der Waals surface area contributed by atoms with E-state index in [1.807, 2.05) is 85.6 Å². The largest absolute Gasteiger partial charge is 0.466 e. The van der Waals surface area contributed by atoms with Crippen LogP contribution in [0.1, 0.15) is 153 Å². The van der Waals surface area contributed by atoms with Crippen molar-refractivity contribution in [1.29, 1.82) is 0 Å². The highest BCUT2D eigenvalue weighted by molar-refractivity contribution is 5.92. The zero-order valence-corrected chi connectivity index (χ0v) is 43.1. The number of carbonyl (C=O) groups is 6. The van der Waals surface area contributed by atoms with Crippen molar-refractivity contribution >= 4 is 52.6 Å². The number of anilines is 3. The monoisotopic (exact) mass is 922 g/mol. The first-order chi connectivity index (χ1) is 30.7. The molecule has 0 aliphatic rings. The fraction of sp³-hybridized carbons (Fsp3) is 0.556. The van der Waals surface area contributed by atoms with Gasteiger partial charge in [0.25, 0.3) is 0 Å². The van der Waals surface area contributed by atoms with Crippen LogP contribution in [0.4, 0.5) is 17.1 Å². The minimum Gasteiger partial charge on any atom is -0.466 e. The third kappa shape index (κ3) is 37.8. The summed E-state index contributed by atoms with van der Waals surface area (Å²) in [5.41, 5.74) is 5.37. The van der Waals surface area contributed by atoms with Crippen molar-refractivity contribution < 1.29 is 33.5 Å². The summed E-state index contributed by atoms with van der Waals surface area (Å²) in [6, 6.07) is 25.8. The van der Waals surface area contributed by atoms with E-state index in [1.54, 1.807) is 56.5 Å². The van der Waals surface area contributed by atoms with E-state index in [2.05, 4.69) is 56.8 Å². The number of benzene rings is 3. The third-order valence-corrected chi connectivity index (χ3v) is 9.45. The van der Waals surface area contributed by atoms with Crippen LogP contribution < -0.4 is 20.0 Å². The molecule has 12 heteroatoms. The number of para-hydroxylation sites is 1. The Kier molecular flexibility index (Phi) is 44.1. The summed E-state index contributed by atoms with van der Waals surface area (Å²) < 4.78 is 4.64. The Morgan fingerprint density at radius 1 is 0.530 bits per heavy atom. The van der Waals surface area contributed by atoms with Gasteiger partial charge >= 0.3 is 5.97 Å². The highest BCUT2D eigenvalue weighted by Crippen LogP contribution is 2.17. The molecule has 12 nitrogen and oxygen atoms in total. The highest BCUT2D eigenvalue weighted by atomic mass is 16.5. The summed E-state index contributed by atoms with van der Waals surface area (Å²) in [7, 11) is 5.41. The van der Waals surface area contributed by atoms with Crippen LogP contribution in [0.2, 0.25) is 0 Å². The molecule has 1 N–H and O–H groups in total. The molecule has 0 atom stereocenters. The number of nitrogens with one attached hydrogen (secondary N) is 1. The average molecular weight is 922 g/mol. The summed E-state index contributed by atoms with van der Waals surface area (Å²) >= 11 is 0. The Morgan fingerprint density at radius 3 is 1.44 bits per heavy atom. The summed E-state index contributed by atoms with van der Waals surface area (Å²) in [5, 5.41) is 2.71. The smallest absolute Gasteiger partial charge is 0.302 e. The minimum absolute atomic E-state index is 0. The predicted octanol–water partition coefficient (Wildman–Crippen LogP) is 11.6. The average Bonchev–Trinajstić information content (AvgIpc) is 3.26. The molecule has 66 heavy (non-hydrogen) atoms. The summed E-state index contributed by atoms with van der Waals surface area (Å²) in [5.74, 6) is 0.282. The Morgan fingerprint density at radius 2 is 1.02 bits per heavy atom. The van der Waals surface area contributed by atoms with Gasteiger partial charge in [-0.3, -0.25) is 28.8 Å². The number of hydrogen-bond donors (Lipinski definition) is 1. The molecule has 0 bridgehead atoms. The lowest BCUT2D eigenvalue weighted by Gasteiger charge is -2.20. The van der Waals surface area contributed by atoms with Gasteiger partial charge in [0.2, 0.25) is 29.5 Å². The van der Waals surface area contributed by atoms with Crippen LogP contribution in [0, 0.1) is 6.92 Å². The van der Waals surface area contributed by atoms with E-state index in [1.165, 1.54) is 25.0 Å². The van der Waals surface area contributed by atoms with E-state index in [0.717, 1.165) is 101 Å². The standard InChI is InChI=1S/2C12H17NO.C10H13NO.C7H15NO.C6H13NO.C6H12O2.CH4/c1-4-6-11-7-5-8-12(9-11)13(3)10(2)14;1-3-4-10-13(11(2)14)12-8-6-5-7-9-12;1-8-5-4-6-10(7-8)11(3)9(2)12;1-4-5-6-8(3)7(2)9;1-3-4-5-7-6(2)8;1-3-4-5-8-6(2)7;/h5,7-9H,4,6H2,1-3H3;5-9H,3-4,10H2,1-2H3;4-7H,1-3H3;4-6H2,1-3H3;3-5H2,1-2H3,(H,7,8);3-5H2,1-2H3;1H4. The van der Waals surface area contributed by atoms with Crippen molar-refractivity contribution in [2.45, 2.75) is 155 Å². The number of hydrogen-bond acceptors (Lipinski definition) is 7. The van der Waals surface area contributed by atoms with Crippen molar-refractivity contribution in [1.82, 2.24) is 10.2 Å². The molecule has 3 aromatic rings. The zero-order chi connectivity index (χ0) is 50.2. The Labute approximate surface area is 401 Å². The summed E-state index contributed by atoms with van der Waals surface area (Å²) in [6.07, 6.45) is 10.9. The van der Waals surface area contributed by atoms with Crippen LogP contribution >= 0.6 is 0 Å². The van der Waals surface area contributed by atoms with Gasteiger partial charge in [0, 0.05) is 99.4 Å². The Hall–Kier alpha value is -5.52. The second-order valence-corrected chi connectivity index (χ2v) is 15.6. The van der Waals surface area contributed by atoms with E-state index >= 15 is 0 Å². The molecule has 0 radical (unpaired) electrons. The molecule has 5 amide bonds. The first-order valence-electron chi connectivity index (χ1n) is 23.3. The topological polar surface area (TPSA) is 137 Å². The quantitative estimate of drug-likeness (QED) is 0.105. The number of nitrogens with zero attached hydrogens (tertiary/aromatic N) is 4. The molecular formula is C54H91N5O7. The van der Waals surface area contributed by atoms with Gasteiger partial charge in [0.1, 0.15) is 0 Å². The van der Waals surface area contributed by atoms with Crippen molar-refractivity contribution in [3.63, 3.8) is 0 Å². The van der Waals surface area contributed by atoms with Gasteiger partial charge in [-0.15, -0.1) is 0 Å². The van der Waals surface area contributed by atoms with Gasteiger partial charge in [-0.2, -0.15) is 0 Å². The maximum atomic E-state index is 11.4. The van der Waals surface area contributed by atoms with Crippen LogP contribution in [-0.4, -0.2) is 87.8 Å². The van der Waals surface area contributed by atoms with Crippen molar-refractivity contribution in [3.05, 3.63) is 90.0 Å². The molecule has 0 unspecified atom stereocenters. The van der Waals surface area contributed by atoms with E-state index in [-0.39, 0.29) is 42.9 Å². The number of amides is 5. The fourth-order valence-electron chi connectivity index (χ4n) is 5.16. The second kappa shape index (κ2) is 43.4. The molecule has 0 aliphatic heterocycles.